The van der Waals surface area contributed by atoms with E-state index in [2.05, 4.69) is 59.6 Å². The zero-order valence-corrected chi connectivity index (χ0v) is 11.6. The first-order valence-electron chi connectivity index (χ1n) is 6.93. The van der Waals surface area contributed by atoms with Gasteiger partial charge in [-0.2, -0.15) is 0 Å². The Morgan fingerprint density at radius 3 is 2.68 bits per heavy atom. The molecule has 0 saturated heterocycles. The predicted molar refractivity (Wildman–Crippen MR) is 82.5 cm³/mol. The number of aryl methyl sites for hydroxylation is 2. The van der Waals surface area contributed by atoms with E-state index in [1.165, 1.54) is 41.0 Å². The summed E-state index contributed by atoms with van der Waals surface area (Å²) in [5.41, 5.74) is 6.65. The highest BCUT2D eigenvalue weighted by atomic mass is 15.1. The molecule has 0 atom stereocenters. The minimum absolute atomic E-state index is 1.11. The van der Waals surface area contributed by atoms with Gasteiger partial charge in [0.2, 0.25) is 0 Å². The first-order valence-corrected chi connectivity index (χ1v) is 6.93. The minimum atomic E-state index is 1.11. The molecule has 0 saturated carbocycles. The Bertz CT molecular complexity index is 590. The van der Waals surface area contributed by atoms with E-state index in [-0.39, 0.29) is 0 Å². The first kappa shape index (κ1) is 12.1. The average molecular weight is 252 g/mol. The van der Waals surface area contributed by atoms with Crippen LogP contribution in [-0.2, 0) is 6.42 Å². The van der Waals surface area contributed by atoms with Gasteiger partial charge in [-0.3, -0.25) is 0 Å². The van der Waals surface area contributed by atoms with Crippen molar-refractivity contribution in [1.29, 1.82) is 0 Å². The summed E-state index contributed by atoms with van der Waals surface area (Å²) < 4.78 is 0. The Morgan fingerprint density at radius 2 is 1.89 bits per heavy atom. The molecule has 0 amide bonds. The van der Waals surface area contributed by atoms with Crippen molar-refractivity contribution in [3.05, 3.63) is 53.6 Å². The molecule has 2 aromatic rings. The molecule has 0 unspecified atom stereocenters. The Kier molecular flexibility index (Phi) is 3.16. The maximum Gasteiger partial charge on any atom is 0.0443 e. The Hall–Kier alpha value is -1.96. The van der Waals surface area contributed by atoms with Crippen LogP contribution in [0.25, 0.3) is 0 Å². The molecule has 19 heavy (non-hydrogen) atoms. The van der Waals surface area contributed by atoms with E-state index in [1.807, 2.05) is 7.05 Å². The summed E-state index contributed by atoms with van der Waals surface area (Å²) in [6, 6.07) is 15.3. The van der Waals surface area contributed by atoms with Crippen molar-refractivity contribution in [1.82, 2.24) is 0 Å². The summed E-state index contributed by atoms with van der Waals surface area (Å²) in [4.78, 5) is 2.45. The second-order valence-corrected chi connectivity index (χ2v) is 5.14. The van der Waals surface area contributed by atoms with E-state index in [4.69, 9.17) is 0 Å². The average Bonchev–Trinajstić information content (AvgIpc) is 2.46. The lowest BCUT2D eigenvalue weighted by molar-refractivity contribution is 0.765. The molecule has 0 fully saturated rings. The number of fused-ring (bicyclic) bond motifs is 1. The van der Waals surface area contributed by atoms with Crippen LogP contribution in [0.5, 0.6) is 0 Å². The van der Waals surface area contributed by atoms with Crippen molar-refractivity contribution in [2.45, 2.75) is 19.8 Å². The molecule has 2 aromatic carbocycles. The Labute approximate surface area is 115 Å². The van der Waals surface area contributed by atoms with Gasteiger partial charge < -0.3 is 10.2 Å². The first-order chi connectivity index (χ1) is 9.29. The second kappa shape index (κ2) is 4.96. The van der Waals surface area contributed by atoms with Gasteiger partial charge in [-0.15, -0.1) is 0 Å². The topological polar surface area (TPSA) is 15.3 Å². The number of hydrogen-bond donors (Lipinski definition) is 1. The van der Waals surface area contributed by atoms with Crippen LogP contribution in [-0.4, -0.2) is 13.6 Å². The van der Waals surface area contributed by atoms with Crippen LogP contribution in [0.3, 0.4) is 0 Å². The molecule has 1 heterocycles. The number of benzene rings is 2. The van der Waals surface area contributed by atoms with Gasteiger partial charge in [-0.25, -0.2) is 0 Å². The van der Waals surface area contributed by atoms with Gasteiger partial charge in [0.1, 0.15) is 0 Å². The fourth-order valence-electron chi connectivity index (χ4n) is 2.90. The van der Waals surface area contributed by atoms with E-state index >= 15 is 0 Å². The van der Waals surface area contributed by atoms with Crippen LogP contribution in [0.15, 0.2) is 42.5 Å². The summed E-state index contributed by atoms with van der Waals surface area (Å²) >= 11 is 0. The predicted octanol–water partition coefficient (Wildman–Crippen LogP) is 4.12. The SMILES string of the molecule is CNc1ccc(N2CCCc3ccccc32)c(C)c1. The molecular formula is C17H20N2. The Balaban J connectivity index is 2.04. The second-order valence-electron chi connectivity index (χ2n) is 5.14. The van der Waals surface area contributed by atoms with Gasteiger partial charge in [-0.05, 0) is 55.2 Å². The lowest BCUT2D eigenvalue weighted by Gasteiger charge is -2.32. The minimum Gasteiger partial charge on any atom is -0.388 e. The molecule has 0 bridgehead atoms. The summed E-state index contributed by atoms with van der Waals surface area (Å²) in [7, 11) is 1.96. The highest BCUT2D eigenvalue weighted by Gasteiger charge is 2.18. The van der Waals surface area contributed by atoms with Crippen molar-refractivity contribution in [2.24, 2.45) is 0 Å². The van der Waals surface area contributed by atoms with Gasteiger partial charge >= 0.3 is 0 Å². The molecule has 0 aliphatic carbocycles. The largest absolute Gasteiger partial charge is 0.388 e. The maximum atomic E-state index is 3.20. The summed E-state index contributed by atoms with van der Waals surface area (Å²) in [5, 5.41) is 3.20. The van der Waals surface area contributed by atoms with Gasteiger partial charge in [0, 0.05) is 30.7 Å². The normalized spacial score (nSPS) is 14.1. The molecule has 2 heteroatoms. The molecule has 3 rings (SSSR count). The smallest absolute Gasteiger partial charge is 0.0443 e. The van der Waals surface area contributed by atoms with Gasteiger partial charge in [0.05, 0.1) is 0 Å². The van der Waals surface area contributed by atoms with Crippen LogP contribution in [0.1, 0.15) is 17.5 Å². The molecule has 98 valence electrons. The van der Waals surface area contributed by atoms with Crippen molar-refractivity contribution >= 4 is 17.1 Å². The van der Waals surface area contributed by atoms with Crippen LogP contribution >= 0.6 is 0 Å². The van der Waals surface area contributed by atoms with E-state index in [0.29, 0.717) is 0 Å². The third-order valence-electron chi connectivity index (χ3n) is 3.89. The van der Waals surface area contributed by atoms with Crippen LogP contribution < -0.4 is 10.2 Å². The van der Waals surface area contributed by atoms with Gasteiger partial charge in [-0.1, -0.05) is 18.2 Å². The molecule has 2 nitrogen and oxygen atoms in total. The third-order valence-corrected chi connectivity index (χ3v) is 3.89. The summed E-state index contributed by atoms with van der Waals surface area (Å²) in [5.74, 6) is 0. The molecular weight excluding hydrogens is 232 g/mol. The van der Waals surface area contributed by atoms with Gasteiger partial charge in [0.15, 0.2) is 0 Å². The van der Waals surface area contributed by atoms with Crippen molar-refractivity contribution < 1.29 is 0 Å². The van der Waals surface area contributed by atoms with Crippen molar-refractivity contribution in [3.63, 3.8) is 0 Å². The molecule has 0 aromatic heterocycles. The number of nitrogens with zero attached hydrogens (tertiary/aromatic N) is 1. The molecule has 1 N–H and O–H groups in total. The van der Waals surface area contributed by atoms with E-state index in [9.17, 15) is 0 Å². The summed E-state index contributed by atoms with van der Waals surface area (Å²) in [6.45, 7) is 3.30. The lowest BCUT2D eigenvalue weighted by Crippen LogP contribution is -2.25. The van der Waals surface area contributed by atoms with Gasteiger partial charge in [0.25, 0.3) is 0 Å². The molecule has 0 spiro atoms. The number of para-hydroxylation sites is 1. The summed E-state index contributed by atoms with van der Waals surface area (Å²) in [6.07, 6.45) is 2.42. The maximum absolute atomic E-state index is 3.20. The zero-order chi connectivity index (χ0) is 13.2. The number of rotatable bonds is 2. The monoisotopic (exact) mass is 252 g/mol. The molecule has 0 radical (unpaired) electrons. The fourth-order valence-corrected chi connectivity index (χ4v) is 2.90. The quantitative estimate of drug-likeness (QED) is 0.865. The fraction of sp³-hybridized carbons (Fsp3) is 0.294. The number of anilines is 3. The van der Waals surface area contributed by atoms with Crippen LogP contribution in [0.4, 0.5) is 17.1 Å². The highest BCUT2D eigenvalue weighted by molar-refractivity contribution is 5.72. The van der Waals surface area contributed by atoms with Crippen LogP contribution in [0.2, 0.25) is 0 Å². The van der Waals surface area contributed by atoms with E-state index < -0.39 is 0 Å². The number of hydrogen-bond acceptors (Lipinski definition) is 2. The van der Waals surface area contributed by atoms with Crippen molar-refractivity contribution in [2.75, 3.05) is 23.8 Å². The van der Waals surface area contributed by atoms with Crippen LogP contribution in [0, 0.1) is 6.92 Å². The van der Waals surface area contributed by atoms with Crippen molar-refractivity contribution in [3.8, 4) is 0 Å². The lowest BCUT2D eigenvalue weighted by atomic mass is 10.00. The molecule has 1 aliphatic heterocycles. The van der Waals surface area contributed by atoms with E-state index in [1.54, 1.807) is 0 Å². The molecule has 1 aliphatic rings. The highest BCUT2D eigenvalue weighted by Crippen LogP contribution is 2.35. The van der Waals surface area contributed by atoms with E-state index in [0.717, 1.165) is 6.54 Å². The third kappa shape index (κ3) is 2.19. The zero-order valence-electron chi connectivity index (χ0n) is 11.6. The number of nitrogens with one attached hydrogen (secondary N) is 1. The Morgan fingerprint density at radius 1 is 1.05 bits per heavy atom. The standard InChI is InChI=1S/C17H20N2/c1-13-12-15(18-2)9-10-16(13)19-11-5-7-14-6-3-4-8-17(14)19/h3-4,6,8-10,12,18H,5,7,11H2,1-2H3.